The minimum absolute atomic E-state index is 0.0229. The zero-order valence-corrected chi connectivity index (χ0v) is 16.7. The maximum Gasteiger partial charge on any atom is 0.174 e. The van der Waals surface area contributed by atoms with Gasteiger partial charge in [0.05, 0.1) is 17.8 Å². The van der Waals surface area contributed by atoms with Crippen LogP contribution in [0, 0.1) is 6.92 Å². The number of aromatic nitrogens is 1. The molecule has 0 radical (unpaired) electrons. The van der Waals surface area contributed by atoms with Crippen LogP contribution < -0.4 is 10.2 Å². The summed E-state index contributed by atoms with van der Waals surface area (Å²) in [7, 11) is 0. The van der Waals surface area contributed by atoms with E-state index in [0.29, 0.717) is 0 Å². The van der Waals surface area contributed by atoms with Crippen molar-refractivity contribution in [3.63, 3.8) is 0 Å². The van der Waals surface area contributed by atoms with Crippen molar-refractivity contribution < 1.29 is 0 Å². The summed E-state index contributed by atoms with van der Waals surface area (Å²) >= 11 is 11.0. The van der Waals surface area contributed by atoms with Crippen LogP contribution in [0.4, 0.5) is 5.69 Å². The molecule has 0 aliphatic carbocycles. The fourth-order valence-electron chi connectivity index (χ4n) is 3.19. The van der Waals surface area contributed by atoms with Crippen molar-refractivity contribution in [3.05, 3.63) is 80.7 Å². The summed E-state index contributed by atoms with van der Waals surface area (Å²) in [5.41, 5.74) is 3.36. The Morgan fingerprint density at radius 1 is 1.16 bits per heavy atom. The minimum Gasteiger partial charge on any atom is -0.351 e. The molecule has 25 heavy (non-hydrogen) atoms. The predicted molar refractivity (Wildman–Crippen MR) is 111 cm³/mol. The van der Waals surface area contributed by atoms with Crippen LogP contribution in [0.5, 0.6) is 0 Å². The molecule has 0 saturated carbocycles. The van der Waals surface area contributed by atoms with E-state index in [9.17, 15) is 0 Å². The van der Waals surface area contributed by atoms with Crippen molar-refractivity contribution in [2.45, 2.75) is 19.0 Å². The third-order valence-electron chi connectivity index (χ3n) is 4.37. The van der Waals surface area contributed by atoms with Gasteiger partial charge in [-0.1, -0.05) is 22.0 Å². The summed E-state index contributed by atoms with van der Waals surface area (Å²) in [5, 5.41) is 6.36. The van der Waals surface area contributed by atoms with Gasteiger partial charge in [-0.3, -0.25) is 4.98 Å². The number of aryl methyl sites for hydroxylation is 1. The predicted octanol–water partition coefficient (Wildman–Crippen LogP) is 5.39. The molecule has 0 bridgehead atoms. The van der Waals surface area contributed by atoms with Gasteiger partial charge in [-0.2, -0.15) is 0 Å². The fourth-order valence-corrected chi connectivity index (χ4v) is 4.85. The number of thiocarbonyl (C=S) groups is 1. The molecule has 0 spiro atoms. The minimum atomic E-state index is 0.0229. The third-order valence-corrected chi connectivity index (χ3v) is 6.31. The van der Waals surface area contributed by atoms with Crippen LogP contribution in [0.3, 0.4) is 0 Å². The van der Waals surface area contributed by atoms with Gasteiger partial charge in [-0.05, 0) is 72.5 Å². The van der Waals surface area contributed by atoms with E-state index in [1.807, 2.05) is 30.5 Å². The zero-order chi connectivity index (χ0) is 17.4. The summed E-state index contributed by atoms with van der Waals surface area (Å²) in [6, 6.07) is 16.6. The Bertz CT molecular complexity index is 893. The van der Waals surface area contributed by atoms with Crippen LogP contribution in [0.25, 0.3) is 0 Å². The van der Waals surface area contributed by atoms with Gasteiger partial charge in [0.25, 0.3) is 0 Å². The number of thiophene rings is 1. The van der Waals surface area contributed by atoms with Crippen LogP contribution in [0.1, 0.15) is 28.2 Å². The molecule has 2 atom stereocenters. The van der Waals surface area contributed by atoms with Crippen LogP contribution in [-0.2, 0) is 0 Å². The average molecular weight is 430 g/mol. The lowest BCUT2D eigenvalue weighted by molar-refractivity contribution is 0.573. The van der Waals surface area contributed by atoms with E-state index in [1.54, 1.807) is 11.3 Å². The molecule has 3 aromatic rings. The van der Waals surface area contributed by atoms with Crippen molar-refractivity contribution in [3.8, 4) is 0 Å². The Hall–Kier alpha value is -1.76. The van der Waals surface area contributed by atoms with Crippen molar-refractivity contribution in [1.82, 2.24) is 10.3 Å². The van der Waals surface area contributed by atoms with Gasteiger partial charge in [0.2, 0.25) is 0 Å². The van der Waals surface area contributed by atoms with Crippen LogP contribution in [-0.4, -0.2) is 10.1 Å². The monoisotopic (exact) mass is 429 g/mol. The molecule has 3 nitrogen and oxygen atoms in total. The molecule has 1 saturated heterocycles. The normalized spacial score (nSPS) is 19.9. The average Bonchev–Trinajstić information content (AvgIpc) is 3.19. The van der Waals surface area contributed by atoms with E-state index in [4.69, 9.17) is 12.2 Å². The molecule has 126 valence electrons. The molecule has 6 heteroatoms. The lowest BCUT2D eigenvalue weighted by Gasteiger charge is -2.27. The van der Waals surface area contributed by atoms with Crippen LogP contribution in [0.2, 0.25) is 0 Å². The van der Waals surface area contributed by atoms with Crippen molar-refractivity contribution in [2.75, 3.05) is 4.90 Å². The number of halogens is 1. The second-order valence-electron chi connectivity index (χ2n) is 5.94. The number of hydrogen-bond donors (Lipinski definition) is 1. The summed E-state index contributed by atoms with van der Waals surface area (Å²) in [6.07, 6.45) is 1.83. The summed E-state index contributed by atoms with van der Waals surface area (Å²) in [6.45, 7) is 2.16. The summed E-state index contributed by atoms with van der Waals surface area (Å²) in [5.74, 6) is 0. The molecule has 1 aliphatic rings. The molecule has 1 N–H and O–H groups in total. The standard InChI is InChI=1S/C19H16BrN3S2/c1-12-9-11-25-18(12)17-16(15-4-2-3-10-21-15)22-19(24)23(17)14-7-5-13(20)6-8-14/h2-11,16-17H,1H3,(H,22,24)/t16-,17-/m0/s1. The first-order valence-electron chi connectivity index (χ1n) is 7.95. The van der Waals surface area contributed by atoms with Gasteiger partial charge < -0.3 is 10.2 Å². The number of pyridine rings is 1. The highest BCUT2D eigenvalue weighted by Gasteiger charge is 2.41. The molecule has 2 aromatic heterocycles. The van der Waals surface area contributed by atoms with E-state index in [0.717, 1.165) is 21.0 Å². The Labute approximate surface area is 164 Å². The molecular weight excluding hydrogens is 414 g/mol. The van der Waals surface area contributed by atoms with E-state index >= 15 is 0 Å². The third kappa shape index (κ3) is 3.10. The Morgan fingerprint density at radius 2 is 1.96 bits per heavy atom. The highest BCUT2D eigenvalue weighted by atomic mass is 79.9. The van der Waals surface area contributed by atoms with Gasteiger partial charge >= 0.3 is 0 Å². The molecule has 1 fully saturated rings. The molecule has 0 unspecified atom stereocenters. The number of anilines is 1. The van der Waals surface area contributed by atoms with Crippen molar-refractivity contribution >= 4 is 50.3 Å². The molecular formula is C19H16BrN3S2. The maximum atomic E-state index is 5.71. The lowest BCUT2D eigenvalue weighted by Crippen LogP contribution is -2.29. The Morgan fingerprint density at radius 3 is 2.60 bits per heavy atom. The SMILES string of the molecule is Cc1ccsc1[C@@H]1[C@H](c2ccccn2)NC(=S)N1c1ccc(Br)cc1. The highest BCUT2D eigenvalue weighted by molar-refractivity contribution is 9.10. The van der Waals surface area contributed by atoms with E-state index in [-0.39, 0.29) is 12.1 Å². The van der Waals surface area contributed by atoms with Crippen LogP contribution >= 0.6 is 39.5 Å². The van der Waals surface area contributed by atoms with Crippen LogP contribution in [0.15, 0.2) is 64.6 Å². The van der Waals surface area contributed by atoms with E-state index in [1.165, 1.54) is 10.4 Å². The topological polar surface area (TPSA) is 28.2 Å². The Kier molecular flexibility index (Phi) is 4.58. The maximum absolute atomic E-state index is 5.71. The highest BCUT2D eigenvalue weighted by Crippen LogP contribution is 2.44. The number of nitrogens with zero attached hydrogens (tertiary/aromatic N) is 2. The van der Waals surface area contributed by atoms with Gasteiger partial charge in [0, 0.05) is 21.2 Å². The summed E-state index contributed by atoms with van der Waals surface area (Å²) in [4.78, 5) is 8.09. The molecule has 4 rings (SSSR count). The number of rotatable bonds is 3. The van der Waals surface area contributed by atoms with Crippen molar-refractivity contribution in [2.24, 2.45) is 0 Å². The first-order chi connectivity index (χ1) is 12.1. The lowest BCUT2D eigenvalue weighted by atomic mass is 10.0. The number of hydrogen-bond acceptors (Lipinski definition) is 3. The zero-order valence-electron chi connectivity index (χ0n) is 13.5. The largest absolute Gasteiger partial charge is 0.351 e. The molecule has 1 aromatic carbocycles. The number of benzene rings is 1. The first kappa shape index (κ1) is 16.7. The first-order valence-corrected chi connectivity index (χ1v) is 10.0. The summed E-state index contributed by atoms with van der Waals surface area (Å²) < 4.78 is 1.06. The van der Waals surface area contributed by atoms with Gasteiger partial charge in [0.1, 0.15) is 0 Å². The van der Waals surface area contributed by atoms with E-state index < -0.39 is 0 Å². The smallest absolute Gasteiger partial charge is 0.174 e. The van der Waals surface area contributed by atoms with Crippen molar-refractivity contribution in [1.29, 1.82) is 0 Å². The van der Waals surface area contributed by atoms with Gasteiger partial charge in [0.15, 0.2) is 5.11 Å². The van der Waals surface area contributed by atoms with Gasteiger partial charge in [-0.25, -0.2) is 0 Å². The van der Waals surface area contributed by atoms with Gasteiger partial charge in [-0.15, -0.1) is 11.3 Å². The Balaban J connectivity index is 1.83. The molecule has 0 amide bonds. The molecule has 1 aliphatic heterocycles. The number of nitrogens with one attached hydrogen (secondary N) is 1. The molecule has 3 heterocycles. The second-order valence-corrected chi connectivity index (χ2v) is 8.19. The second kappa shape index (κ2) is 6.86. The van der Waals surface area contributed by atoms with E-state index in [2.05, 4.69) is 67.7 Å². The fraction of sp³-hybridized carbons (Fsp3) is 0.158. The quantitative estimate of drug-likeness (QED) is 0.564.